The Bertz CT molecular complexity index is 348. The third-order valence-electron chi connectivity index (χ3n) is 3.30. The van der Waals surface area contributed by atoms with Crippen LogP contribution in [-0.4, -0.2) is 49.1 Å². The van der Waals surface area contributed by atoms with Crippen LogP contribution in [0.25, 0.3) is 0 Å². The molecule has 116 valence electrons. The van der Waals surface area contributed by atoms with Crippen molar-refractivity contribution in [1.82, 2.24) is 10.2 Å². The lowest BCUT2D eigenvalue weighted by Gasteiger charge is -2.32. The van der Waals surface area contributed by atoms with E-state index in [1.807, 2.05) is 20.8 Å². The van der Waals surface area contributed by atoms with Crippen molar-refractivity contribution in [3.05, 3.63) is 0 Å². The highest BCUT2D eigenvalue weighted by molar-refractivity contribution is 5.90. The summed E-state index contributed by atoms with van der Waals surface area (Å²) in [5, 5.41) is 2.84. The summed E-state index contributed by atoms with van der Waals surface area (Å²) in [5.74, 6) is 0.431. The van der Waals surface area contributed by atoms with E-state index in [-0.39, 0.29) is 17.2 Å². The van der Waals surface area contributed by atoms with E-state index in [1.165, 1.54) is 0 Å². The van der Waals surface area contributed by atoms with Gasteiger partial charge >= 0.3 is 0 Å². The van der Waals surface area contributed by atoms with Gasteiger partial charge in [-0.15, -0.1) is 0 Å². The van der Waals surface area contributed by atoms with Crippen molar-refractivity contribution in [1.29, 1.82) is 0 Å². The molecule has 1 aliphatic heterocycles. The van der Waals surface area contributed by atoms with E-state index >= 15 is 0 Å². The molecular weight excluding hydrogens is 256 g/mol. The first-order valence-electron chi connectivity index (χ1n) is 7.37. The van der Waals surface area contributed by atoms with E-state index in [2.05, 4.69) is 19.2 Å². The van der Waals surface area contributed by atoms with E-state index < -0.39 is 6.04 Å². The Morgan fingerprint density at radius 2 is 2.00 bits per heavy atom. The van der Waals surface area contributed by atoms with Gasteiger partial charge in [0.1, 0.15) is 6.04 Å². The zero-order valence-corrected chi connectivity index (χ0v) is 13.4. The predicted molar refractivity (Wildman–Crippen MR) is 78.2 cm³/mol. The van der Waals surface area contributed by atoms with Gasteiger partial charge in [0.05, 0.1) is 6.61 Å². The Balaban J connectivity index is 2.61. The van der Waals surface area contributed by atoms with Crippen LogP contribution >= 0.6 is 0 Å². The fraction of sp³-hybridized carbons (Fsp3) is 0.867. The van der Waals surface area contributed by atoms with Gasteiger partial charge in [0.2, 0.25) is 11.8 Å². The third kappa shape index (κ3) is 5.12. The molecule has 0 bridgehead atoms. The van der Waals surface area contributed by atoms with E-state index in [4.69, 9.17) is 4.74 Å². The topological polar surface area (TPSA) is 58.6 Å². The molecule has 5 nitrogen and oxygen atoms in total. The van der Waals surface area contributed by atoms with Crippen molar-refractivity contribution in [2.75, 3.05) is 26.3 Å². The summed E-state index contributed by atoms with van der Waals surface area (Å²) >= 11 is 0. The highest BCUT2D eigenvalue weighted by Crippen LogP contribution is 2.22. The maximum absolute atomic E-state index is 12.5. The molecule has 1 aliphatic rings. The molecule has 0 aromatic rings. The minimum Gasteiger partial charge on any atom is -0.379 e. The van der Waals surface area contributed by atoms with Crippen molar-refractivity contribution in [3.63, 3.8) is 0 Å². The van der Waals surface area contributed by atoms with Gasteiger partial charge in [0.15, 0.2) is 0 Å². The van der Waals surface area contributed by atoms with Gasteiger partial charge in [-0.25, -0.2) is 0 Å². The number of carbonyl (C=O) groups is 2. The van der Waals surface area contributed by atoms with Crippen LogP contribution in [-0.2, 0) is 14.3 Å². The first kappa shape index (κ1) is 17.0. The second kappa shape index (κ2) is 7.07. The number of ether oxygens (including phenoxy) is 1. The van der Waals surface area contributed by atoms with Gasteiger partial charge in [-0.3, -0.25) is 9.59 Å². The van der Waals surface area contributed by atoms with Crippen LogP contribution in [0.15, 0.2) is 0 Å². The molecule has 1 rings (SSSR count). The Morgan fingerprint density at radius 1 is 1.35 bits per heavy atom. The highest BCUT2D eigenvalue weighted by atomic mass is 16.5. The number of rotatable bonds is 5. The first-order chi connectivity index (χ1) is 9.21. The number of amides is 2. The molecule has 0 aromatic carbocycles. The van der Waals surface area contributed by atoms with Gasteiger partial charge in [0.25, 0.3) is 0 Å². The molecule has 5 heteroatoms. The van der Waals surface area contributed by atoms with Crippen molar-refractivity contribution < 1.29 is 14.3 Å². The quantitative estimate of drug-likeness (QED) is 0.777. The van der Waals surface area contributed by atoms with Gasteiger partial charge in [-0.2, -0.15) is 0 Å². The van der Waals surface area contributed by atoms with E-state index in [0.29, 0.717) is 38.6 Å². The first-order valence-corrected chi connectivity index (χ1v) is 7.37. The summed E-state index contributed by atoms with van der Waals surface area (Å²) in [6.07, 6.45) is 0.364. The van der Waals surface area contributed by atoms with Gasteiger partial charge < -0.3 is 15.0 Å². The monoisotopic (exact) mass is 284 g/mol. The second-order valence-corrected chi connectivity index (χ2v) is 6.91. The van der Waals surface area contributed by atoms with E-state index in [9.17, 15) is 9.59 Å². The number of carbonyl (C=O) groups excluding carboxylic acids is 2. The number of nitrogens with one attached hydrogen (secondary N) is 1. The lowest BCUT2D eigenvalue weighted by molar-refractivity contribution is -0.137. The smallest absolute Gasteiger partial charge is 0.245 e. The Morgan fingerprint density at radius 3 is 2.55 bits per heavy atom. The van der Waals surface area contributed by atoms with Crippen molar-refractivity contribution >= 4 is 11.8 Å². The van der Waals surface area contributed by atoms with Crippen LogP contribution < -0.4 is 5.32 Å². The maximum atomic E-state index is 12.5. The summed E-state index contributed by atoms with van der Waals surface area (Å²) in [7, 11) is 0. The average molecular weight is 284 g/mol. The van der Waals surface area contributed by atoms with Crippen LogP contribution in [0.2, 0.25) is 0 Å². The average Bonchev–Trinajstić information content (AvgIpc) is 2.45. The maximum Gasteiger partial charge on any atom is 0.245 e. The Hall–Kier alpha value is -1.10. The molecule has 20 heavy (non-hydrogen) atoms. The largest absolute Gasteiger partial charge is 0.379 e. The molecule has 0 saturated carbocycles. The molecule has 0 aliphatic carbocycles. The summed E-state index contributed by atoms with van der Waals surface area (Å²) in [4.78, 5) is 26.0. The Labute approximate surface area is 122 Å². The molecule has 0 aromatic heterocycles. The summed E-state index contributed by atoms with van der Waals surface area (Å²) < 4.78 is 5.54. The van der Waals surface area contributed by atoms with Crippen molar-refractivity contribution in [2.24, 2.45) is 11.3 Å². The minimum atomic E-state index is -0.456. The molecule has 1 fully saturated rings. The van der Waals surface area contributed by atoms with Crippen LogP contribution in [0.3, 0.4) is 0 Å². The molecule has 1 atom stereocenters. The lowest BCUT2D eigenvalue weighted by Crippen LogP contribution is -2.52. The predicted octanol–water partition coefficient (Wildman–Crippen LogP) is 1.42. The molecule has 1 N–H and O–H groups in total. The minimum absolute atomic E-state index is 0.00324. The number of hydrogen-bond acceptors (Lipinski definition) is 3. The second-order valence-electron chi connectivity index (χ2n) is 6.91. The van der Waals surface area contributed by atoms with Crippen LogP contribution in [0.1, 0.15) is 41.0 Å². The van der Waals surface area contributed by atoms with E-state index in [1.54, 1.807) is 4.90 Å². The van der Waals surface area contributed by atoms with Gasteiger partial charge in [0, 0.05) is 26.1 Å². The van der Waals surface area contributed by atoms with Crippen molar-refractivity contribution in [3.8, 4) is 0 Å². The molecule has 2 amide bonds. The van der Waals surface area contributed by atoms with Crippen LogP contribution in [0.4, 0.5) is 0 Å². The fourth-order valence-corrected chi connectivity index (χ4v) is 2.13. The number of hydrogen-bond donors (Lipinski definition) is 1. The molecule has 1 heterocycles. The standard InChI is InChI=1S/C15H28N2O3/c1-11(2)10-20-9-8-17-7-6-12(18)16-13(14(17)19)15(3,4)5/h11,13H,6-10H2,1-5H3,(H,16,18). The van der Waals surface area contributed by atoms with Crippen LogP contribution in [0.5, 0.6) is 0 Å². The van der Waals surface area contributed by atoms with Crippen LogP contribution in [0, 0.1) is 11.3 Å². The lowest BCUT2D eigenvalue weighted by atomic mass is 9.86. The molecule has 1 unspecified atom stereocenters. The Kier molecular flexibility index (Phi) is 5.99. The SMILES string of the molecule is CC(C)COCCN1CCC(=O)NC(C(C)(C)C)C1=O. The molecular formula is C15H28N2O3. The summed E-state index contributed by atoms with van der Waals surface area (Å²) in [6, 6.07) is -0.456. The molecule has 0 radical (unpaired) electrons. The molecule has 1 saturated heterocycles. The summed E-state index contributed by atoms with van der Waals surface area (Å²) in [6.45, 7) is 12.3. The molecule has 0 spiro atoms. The van der Waals surface area contributed by atoms with Gasteiger partial charge in [-0.05, 0) is 11.3 Å². The van der Waals surface area contributed by atoms with Gasteiger partial charge in [-0.1, -0.05) is 34.6 Å². The third-order valence-corrected chi connectivity index (χ3v) is 3.30. The number of nitrogens with zero attached hydrogens (tertiary/aromatic N) is 1. The highest BCUT2D eigenvalue weighted by Gasteiger charge is 2.37. The zero-order valence-electron chi connectivity index (χ0n) is 13.4. The zero-order chi connectivity index (χ0) is 15.3. The van der Waals surface area contributed by atoms with E-state index in [0.717, 1.165) is 0 Å². The summed E-state index contributed by atoms with van der Waals surface area (Å²) in [5.41, 5.74) is -0.284. The fourth-order valence-electron chi connectivity index (χ4n) is 2.13. The normalized spacial score (nSPS) is 21.1. The van der Waals surface area contributed by atoms with Crippen molar-refractivity contribution in [2.45, 2.75) is 47.1 Å².